The summed E-state index contributed by atoms with van der Waals surface area (Å²) in [6.45, 7) is 5.29. The van der Waals surface area contributed by atoms with Gasteiger partial charge in [-0.2, -0.15) is 5.26 Å². The first-order valence-electron chi connectivity index (χ1n) is 6.88. The van der Waals surface area contributed by atoms with Gasteiger partial charge in [-0.1, -0.05) is 13.8 Å². The zero-order valence-corrected chi connectivity index (χ0v) is 11.9. The largest absolute Gasteiger partial charge is 0.338 e. The van der Waals surface area contributed by atoms with Crippen LogP contribution in [0.4, 0.5) is 4.39 Å². The number of halogens is 1. The van der Waals surface area contributed by atoms with Crippen molar-refractivity contribution >= 4 is 5.91 Å². The molecule has 0 atom stereocenters. The summed E-state index contributed by atoms with van der Waals surface area (Å²) >= 11 is 0. The van der Waals surface area contributed by atoms with Gasteiger partial charge in [0.05, 0.1) is 11.6 Å². The van der Waals surface area contributed by atoms with Gasteiger partial charge in [0.15, 0.2) is 0 Å². The maximum absolute atomic E-state index is 13.3. The predicted molar refractivity (Wildman–Crippen MR) is 74.2 cm³/mol. The first-order valence-corrected chi connectivity index (χ1v) is 6.88. The highest BCUT2D eigenvalue weighted by atomic mass is 19.1. The van der Waals surface area contributed by atoms with Crippen molar-refractivity contribution in [3.8, 4) is 6.07 Å². The van der Waals surface area contributed by atoms with Gasteiger partial charge in [-0.05, 0) is 42.0 Å². The van der Waals surface area contributed by atoms with Gasteiger partial charge in [0.2, 0.25) is 5.91 Å². The highest BCUT2D eigenvalue weighted by molar-refractivity contribution is 5.76. The van der Waals surface area contributed by atoms with E-state index >= 15 is 0 Å². The fourth-order valence-corrected chi connectivity index (χ4v) is 2.47. The fourth-order valence-electron chi connectivity index (χ4n) is 2.47. The Morgan fingerprint density at radius 3 is 2.85 bits per heavy atom. The van der Waals surface area contributed by atoms with Gasteiger partial charge in [0.25, 0.3) is 0 Å². The van der Waals surface area contributed by atoms with E-state index in [0.717, 1.165) is 12.8 Å². The molecule has 3 nitrogen and oxygen atoms in total. The monoisotopic (exact) mass is 274 g/mol. The van der Waals surface area contributed by atoms with Gasteiger partial charge < -0.3 is 4.90 Å². The smallest absolute Gasteiger partial charge is 0.222 e. The second-order valence-electron chi connectivity index (χ2n) is 6.14. The lowest BCUT2D eigenvalue weighted by Gasteiger charge is -2.23. The summed E-state index contributed by atoms with van der Waals surface area (Å²) in [5.74, 6) is -0.287. The molecule has 0 saturated carbocycles. The van der Waals surface area contributed by atoms with E-state index in [1.807, 2.05) is 0 Å². The SMILES string of the molecule is CC1(C)CCC(=O)N(Cc2cc(F)ccc2C#N)CC1. The lowest BCUT2D eigenvalue weighted by atomic mass is 9.85. The van der Waals surface area contributed by atoms with Crippen molar-refractivity contribution < 1.29 is 9.18 Å². The van der Waals surface area contributed by atoms with Crippen molar-refractivity contribution in [2.24, 2.45) is 5.41 Å². The third-order valence-corrected chi connectivity index (χ3v) is 3.98. The van der Waals surface area contributed by atoms with Crippen LogP contribution in [-0.4, -0.2) is 17.4 Å². The molecule has 1 aromatic carbocycles. The third-order valence-electron chi connectivity index (χ3n) is 3.98. The first kappa shape index (κ1) is 14.5. The Hall–Kier alpha value is -1.89. The van der Waals surface area contributed by atoms with Crippen LogP contribution in [0.15, 0.2) is 18.2 Å². The Labute approximate surface area is 119 Å². The van der Waals surface area contributed by atoms with Crippen molar-refractivity contribution in [3.63, 3.8) is 0 Å². The molecule has 0 radical (unpaired) electrons. The minimum atomic E-state index is -0.374. The quantitative estimate of drug-likeness (QED) is 0.831. The molecule has 106 valence electrons. The Morgan fingerprint density at radius 2 is 2.15 bits per heavy atom. The maximum atomic E-state index is 13.3. The average molecular weight is 274 g/mol. The van der Waals surface area contributed by atoms with Crippen molar-refractivity contribution in [1.82, 2.24) is 4.90 Å². The van der Waals surface area contributed by atoms with Crippen molar-refractivity contribution in [2.75, 3.05) is 6.54 Å². The number of nitrogens with zero attached hydrogens (tertiary/aromatic N) is 2. The summed E-state index contributed by atoms with van der Waals surface area (Å²) in [6.07, 6.45) is 2.32. The van der Waals surface area contributed by atoms with Crippen LogP contribution in [0.1, 0.15) is 44.2 Å². The van der Waals surface area contributed by atoms with Crippen LogP contribution in [0.5, 0.6) is 0 Å². The molecule has 1 fully saturated rings. The number of amides is 1. The molecule has 1 aliphatic rings. The lowest BCUT2D eigenvalue weighted by Crippen LogP contribution is -2.30. The Balaban J connectivity index is 2.19. The summed E-state index contributed by atoms with van der Waals surface area (Å²) in [5.41, 5.74) is 1.17. The molecule has 4 heteroatoms. The molecule has 1 saturated heterocycles. The van der Waals surface area contributed by atoms with Crippen LogP contribution in [0.2, 0.25) is 0 Å². The average Bonchev–Trinajstić information content (AvgIpc) is 2.52. The molecular weight excluding hydrogens is 255 g/mol. The minimum absolute atomic E-state index is 0.0868. The number of nitriles is 1. The van der Waals surface area contributed by atoms with E-state index in [4.69, 9.17) is 5.26 Å². The molecule has 0 spiro atoms. The first-order chi connectivity index (χ1) is 9.41. The zero-order valence-electron chi connectivity index (χ0n) is 11.9. The Kier molecular flexibility index (Phi) is 4.08. The number of likely N-dealkylation sites (tertiary alicyclic amines) is 1. The topological polar surface area (TPSA) is 44.1 Å². The second kappa shape index (κ2) is 5.62. The molecule has 0 bridgehead atoms. The number of benzene rings is 1. The van der Waals surface area contributed by atoms with Gasteiger partial charge in [-0.15, -0.1) is 0 Å². The molecule has 0 N–H and O–H groups in total. The highest BCUT2D eigenvalue weighted by Crippen LogP contribution is 2.31. The van der Waals surface area contributed by atoms with E-state index in [1.54, 1.807) is 4.90 Å². The van der Waals surface area contributed by atoms with E-state index < -0.39 is 0 Å². The van der Waals surface area contributed by atoms with Crippen LogP contribution < -0.4 is 0 Å². The van der Waals surface area contributed by atoms with Crippen LogP contribution in [-0.2, 0) is 11.3 Å². The molecule has 1 heterocycles. The van der Waals surface area contributed by atoms with Crippen molar-refractivity contribution in [1.29, 1.82) is 5.26 Å². The lowest BCUT2D eigenvalue weighted by molar-refractivity contribution is -0.131. The molecule has 1 aliphatic heterocycles. The van der Waals surface area contributed by atoms with E-state index in [1.165, 1.54) is 18.2 Å². The zero-order chi connectivity index (χ0) is 14.8. The van der Waals surface area contributed by atoms with Gasteiger partial charge >= 0.3 is 0 Å². The molecular formula is C16H19FN2O. The van der Waals surface area contributed by atoms with E-state index in [-0.39, 0.29) is 17.1 Å². The van der Waals surface area contributed by atoms with Crippen molar-refractivity contribution in [2.45, 2.75) is 39.7 Å². The summed E-state index contributed by atoms with van der Waals surface area (Å²) in [6, 6.07) is 6.15. The normalized spacial score (nSPS) is 18.5. The van der Waals surface area contributed by atoms with Crippen LogP contribution in [0.3, 0.4) is 0 Å². The summed E-state index contributed by atoms with van der Waals surface area (Å²) in [4.78, 5) is 13.9. The number of carbonyl (C=O) groups is 1. The van der Waals surface area contributed by atoms with Crippen molar-refractivity contribution in [3.05, 3.63) is 35.1 Å². The van der Waals surface area contributed by atoms with Crippen LogP contribution in [0, 0.1) is 22.6 Å². The fraction of sp³-hybridized carbons (Fsp3) is 0.500. The minimum Gasteiger partial charge on any atom is -0.338 e. The number of hydrogen-bond donors (Lipinski definition) is 0. The molecule has 0 aromatic heterocycles. The Bertz CT molecular complexity index is 560. The molecule has 0 unspecified atom stereocenters. The van der Waals surface area contributed by atoms with Gasteiger partial charge in [-0.3, -0.25) is 4.79 Å². The molecule has 1 amide bonds. The molecule has 2 rings (SSSR count). The highest BCUT2D eigenvalue weighted by Gasteiger charge is 2.27. The Morgan fingerprint density at radius 1 is 1.40 bits per heavy atom. The molecule has 1 aromatic rings. The molecule has 20 heavy (non-hydrogen) atoms. The number of rotatable bonds is 2. The summed E-state index contributed by atoms with van der Waals surface area (Å²) in [7, 11) is 0. The van der Waals surface area contributed by atoms with E-state index in [9.17, 15) is 9.18 Å². The van der Waals surface area contributed by atoms with Crippen LogP contribution in [0.25, 0.3) is 0 Å². The van der Waals surface area contributed by atoms with Gasteiger partial charge in [0, 0.05) is 19.5 Å². The van der Waals surface area contributed by atoms with Gasteiger partial charge in [0.1, 0.15) is 5.82 Å². The predicted octanol–water partition coefficient (Wildman–Crippen LogP) is 3.24. The number of hydrogen-bond acceptors (Lipinski definition) is 2. The third kappa shape index (κ3) is 3.36. The number of carbonyl (C=O) groups excluding carboxylic acids is 1. The summed E-state index contributed by atoms with van der Waals surface area (Å²) in [5, 5.41) is 9.07. The van der Waals surface area contributed by atoms with E-state index in [0.29, 0.717) is 30.6 Å². The standard InChI is InChI=1S/C16H19FN2O/c1-16(2)6-5-15(20)19(8-7-16)11-13-9-14(17)4-3-12(13)10-18/h3-4,9H,5-8,11H2,1-2H3. The molecule has 0 aliphatic carbocycles. The maximum Gasteiger partial charge on any atom is 0.222 e. The van der Waals surface area contributed by atoms with Gasteiger partial charge in [-0.25, -0.2) is 4.39 Å². The summed E-state index contributed by atoms with van der Waals surface area (Å²) < 4.78 is 13.3. The second-order valence-corrected chi connectivity index (χ2v) is 6.14. The van der Waals surface area contributed by atoms with Crippen LogP contribution >= 0.6 is 0 Å². The van der Waals surface area contributed by atoms with E-state index in [2.05, 4.69) is 19.9 Å².